The summed E-state index contributed by atoms with van der Waals surface area (Å²) in [5.41, 5.74) is 1.18. The maximum atomic E-state index is 9.18. The predicted octanol–water partition coefficient (Wildman–Crippen LogP) is 0.332. The Kier molecular flexibility index (Phi) is 4.58. The van der Waals surface area contributed by atoms with Gasteiger partial charge in [0.25, 0.3) is 0 Å². The Hall–Kier alpha value is -1.77. The number of nitrogens with one attached hydrogen (secondary N) is 1. The monoisotopic (exact) mass is 222 g/mol. The molecule has 1 aromatic rings. The molecule has 0 aliphatic rings. The summed E-state index contributed by atoms with van der Waals surface area (Å²) in [5, 5.41) is 29.5. The Morgan fingerprint density at radius 2 is 2.31 bits per heavy atom. The molecule has 0 amide bonds. The van der Waals surface area contributed by atoms with Crippen LogP contribution in [0.15, 0.2) is 18.2 Å². The van der Waals surface area contributed by atoms with E-state index in [0.29, 0.717) is 17.0 Å². The molecule has 86 valence electrons. The average Bonchev–Trinajstić information content (AvgIpc) is 2.35. The van der Waals surface area contributed by atoms with Gasteiger partial charge in [-0.3, -0.25) is 0 Å². The van der Waals surface area contributed by atoms with E-state index in [2.05, 4.69) is 5.32 Å². The van der Waals surface area contributed by atoms with Crippen molar-refractivity contribution < 1.29 is 14.9 Å². The fourth-order valence-electron chi connectivity index (χ4n) is 1.20. The van der Waals surface area contributed by atoms with Gasteiger partial charge in [0.05, 0.1) is 37.1 Å². The van der Waals surface area contributed by atoms with Crippen LogP contribution in [0.3, 0.4) is 0 Å². The number of ether oxygens (including phenoxy) is 1. The Labute approximate surface area is 93.9 Å². The molecular formula is C11H14N2O3. The van der Waals surface area contributed by atoms with Crippen LogP contribution in [0.1, 0.15) is 5.56 Å². The first-order chi connectivity index (χ1) is 7.71. The second-order valence-electron chi connectivity index (χ2n) is 3.24. The van der Waals surface area contributed by atoms with Crippen molar-refractivity contribution in [3.05, 3.63) is 23.8 Å². The quantitative estimate of drug-likeness (QED) is 0.668. The summed E-state index contributed by atoms with van der Waals surface area (Å²) in [4.78, 5) is 0. The first-order valence-corrected chi connectivity index (χ1v) is 4.82. The normalized spacial score (nSPS) is 11.6. The van der Waals surface area contributed by atoms with Crippen LogP contribution < -0.4 is 10.1 Å². The molecule has 5 heteroatoms. The second-order valence-corrected chi connectivity index (χ2v) is 3.24. The van der Waals surface area contributed by atoms with Gasteiger partial charge in [-0.15, -0.1) is 0 Å². The van der Waals surface area contributed by atoms with Crippen molar-refractivity contribution >= 4 is 5.69 Å². The number of hydrogen-bond acceptors (Lipinski definition) is 5. The van der Waals surface area contributed by atoms with Gasteiger partial charge < -0.3 is 20.3 Å². The molecule has 0 aliphatic heterocycles. The third kappa shape index (κ3) is 3.12. The average molecular weight is 222 g/mol. The number of nitriles is 1. The molecule has 0 unspecified atom stereocenters. The van der Waals surface area contributed by atoms with E-state index in [1.54, 1.807) is 18.2 Å². The van der Waals surface area contributed by atoms with Crippen LogP contribution in [0.4, 0.5) is 5.69 Å². The zero-order valence-corrected chi connectivity index (χ0v) is 8.97. The van der Waals surface area contributed by atoms with Crippen molar-refractivity contribution in [1.29, 1.82) is 5.26 Å². The van der Waals surface area contributed by atoms with Crippen molar-refractivity contribution in [1.82, 2.24) is 0 Å². The van der Waals surface area contributed by atoms with E-state index in [-0.39, 0.29) is 13.2 Å². The highest BCUT2D eigenvalue weighted by atomic mass is 16.5. The second kappa shape index (κ2) is 5.95. The SMILES string of the molecule is COc1cc(C#N)ccc1NC[C@H](O)CO. The van der Waals surface area contributed by atoms with Crippen molar-refractivity contribution in [2.45, 2.75) is 6.10 Å². The predicted molar refractivity (Wildman–Crippen MR) is 59.3 cm³/mol. The van der Waals surface area contributed by atoms with Gasteiger partial charge in [-0.2, -0.15) is 5.26 Å². The van der Waals surface area contributed by atoms with E-state index in [1.165, 1.54) is 7.11 Å². The van der Waals surface area contributed by atoms with Crippen molar-refractivity contribution in [2.24, 2.45) is 0 Å². The van der Waals surface area contributed by atoms with Gasteiger partial charge in [-0.05, 0) is 12.1 Å². The number of hydrogen-bond donors (Lipinski definition) is 3. The molecule has 1 atom stereocenters. The minimum absolute atomic E-state index is 0.221. The molecular weight excluding hydrogens is 208 g/mol. The topological polar surface area (TPSA) is 85.5 Å². The molecule has 1 aromatic carbocycles. The third-order valence-electron chi connectivity index (χ3n) is 2.07. The lowest BCUT2D eigenvalue weighted by Gasteiger charge is -2.13. The van der Waals surface area contributed by atoms with E-state index < -0.39 is 6.10 Å². The Morgan fingerprint density at radius 1 is 1.56 bits per heavy atom. The molecule has 0 spiro atoms. The summed E-state index contributed by atoms with van der Waals surface area (Å²) in [6.45, 7) is -0.0790. The van der Waals surface area contributed by atoms with Gasteiger partial charge in [0.1, 0.15) is 5.75 Å². The lowest BCUT2D eigenvalue weighted by Crippen LogP contribution is -2.23. The van der Waals surface area contributed by atoms with E-state index in [4.69, 9.17) is 15.1 Å². The number of methoxy groups -OCH3 is 1. The van der Waals surface area contributed by atoms with Gasteiger partial charge in [0, 0.05) is 12.6 Å². The van der Waals surface area contributed by atoms with Gasteiger partial charge in [-0.25, -0.2) is 0 Å². The molecule has 16 heavy (non-hydrogen) atoms. The van der Waals surface area contributed by atoms with Crippen LogP contribution in [0, 0.1) is 11.3 Å². The molecule has 0 aliphatic carbocycles. The number of aliphatic hydroxyl groups excluding tert-OH is 2. The fraction of sp³-hybridized carbons (Fsp3) is 0.364. The molecule has 1 rings (SSSR count). The van der Waals surface area contributed by atoms with Crippen LogP contribution >= 0.6 is 0 Å². The van der Waals surface area contributed by atoms with E-state index in [9.17, 15) is 5.11 Å². The maximum Gasteiger partial charge on any atom is 0.143 e. The first-order valence-electron chi connectivity index (χ1n) is 4.82. The highest BCUT2D eigenvalue weighted by molar-refractivity contribution is 5.59. The van der Waals surface area contributed by atoms with E-state index >= 15 is 0 Å². The van der Waals surface area contributed by atoms with Crippen LogP contribution in [0.2, 0.25) is 0 Å². The standard InChI is InChI=1S/C11H14N2O3/c1-16-11-4-8(5-12)2-3-10(11)13-6-9(15)7-14/h2-4,9,13-15H,6-7H2,1H3/t9-/m0/s1. The molecule has 0 saturated heterocycles. The summed E-state index contributed by atoms with van der Waals surface area (Å²) in [5.74, 6) is 0.532. The van der Waals surface area contributed by atoms with Gasteiger partial charge in [-0.1, -0.05) is 0 Å². The molecule has 0 saturated carbocycles. The Bertz CT molecular complexity index is 387. The molecule has 0 heterocycles. The fourth-order valence-corrected chi connectivity index (χ4v) is 1.20. The van der Waals surface area contributed by atoms with E-state index in [0.717, 1.165) is 0 Å². The molecule has 0 radical (unpaired) electrons. The molecule has 0 bridgehead atoms. The summed E-state index contributed by atoms with van der Waals surface area (Å²) in [6.07, 6.45) is -0.819. The molecule has 0 fully saturated rings. The zero-order valence-electron chi connectivity index (χ0n) is 8.97. The Balaban J connectivity index is 2.76. The minimum atomic E-state index is -0.819. The summed E-state index contributed by atoms with van der Waals surface area (Å²) in [6, 6.07) is 6.96. The number of nitrogens with zero attached hydrogens (tertiary/aromatic N) is 1. The number of benzene rings is 1. The highest BCUT2D eigenvalue weighted by Crippen LogP contribution is 2.25. The summed E-state index contributed by atoms with van der Waals surface area (Å²) < 4.78 is 5.10. The van der Waals surface area contributed by atoms with Crippen LogP contribution in [0.5, 0.6) is 5.75 Å². The van der Waals surface area contributed by atoms with Crippen molar-refractivity contribution in [3.63, 3.8) is 0 Å². The van der Waals surface area contributed by atoms with E-state index in [1.807, 2.05) is 6.07 Å². The highest BCUT2D eigenvalue weighted by Gasteiger charge is 2.06. The van der Waals surface area contributed by atoms with Gasteiger partial charge >= 0.3 is 0 Å². The number of rotatable bonds is 5. The van der Waals surface area contributed by atoms with Crippen LogP contribution in [0.25, 0.3) is 0 Å². The first kappa shape index (κ1) is 12.3. The zero-order chi connectivity index (χ0) is 12.0. The molecule has 5 nitrogen and oxygen atoms in total. The molecule has 0 aromatic heterocycles. The number of anilines is 1. The van der Waals surface area contributed by atoms with Crippen molar-refractivity contribution in [3.8, 4) is 11.8 Å². The smallest absolute Gasteiger partial charge is 0.143 e. The van der Waals surface area contributed by atoms with Gasteiger partial charge in [0.2, 0.25) is 0 Å². The number of aliphatic hydroxyl groups is 2. The third-order valence-corrected chi connectivity index (χ3v) is 2.07. The minimum Gasteiger partial charge on any atom is -0.495 e. The largest absolute Gasteiger partial charge is 0.495 e. The van der Waals surface area contributed by atoms with Crippen LogP contribution in [-0.4, -0.2) is 36.6 Å². The Morgan fingerprint density at radius 3 is 2.88 bits per heavy atom. The lowest BCUT2D eigenvalue weighted by molar-refractivity contribution is 0.105. The van der Waals surface area contributed by atoms with Crippen LogP contribution in [-0.2, 0) is 0 Å². The van der Waals surface area contributed by atoms with Crippen molar-refractivity contribution in [2.75, 3.05) is 25.6 Å². The maximum absolute atomic E-state index is 9.18. The van der Waals surface area contributed by atoms with Gasteiger partial charge in [0.15, 0.2) is 0 Å². The summed E-state index contributed by atoms with van der Waals surface area (Å²) in [7, 11) is 1.50. The lowest BCUT2D eigenvalue weighted by atomic mass is 10.2. The summed E-state index contributed by atoms with van der Waals surface area (Å²) >= 11 is 0. The molecule has 3 N–H and O–H groups in total.